The van der Waals surface area contributed by atoms with Crippen molar-refractivity contribution in [3.63, 3.8) is 0 Å². The van der Waals surface area contributed by atoms with E-state index in [1.807, 2.05) is 18.2 Å². The Morgan fingerprint density at radius 2 is 1.91 bits per heavy atom. The van der Waals surface area contributed by atoms with E-state index in [9.17, 15) is 9.59 Å². The minimum Gasteiger partial charge on any atom is -0.493 e. The molecule has 3 aliphatic heterocycles. The van der Waals surface area contributed by atoms with Gasteiger partial charge in [-0.15, -0.1) is 0 Å². The van der Waals surface area contributed by atoms with Gasteiger partial charge in [0.15, 0.2) is 23.0 Å². The number of nitrogens with zero attached hydrogens (tertiary/aromatic N) is 2. The molecule has 2 aromatic carbocycles. The maximum atomic E-state index is 13.1. The predicted octanol–water partition coefficient (Wildman–Crippen LogP) is 2.00. The summed E-state index contributed by atoms with van der Waals surface area (Å²) < 4.78 is 21.3. The van der Waals surface area contributed by atoms with Crippen molar-refractivity contribution in [1.82, 2.24) is 15.3 Å². The van der Waals surface area contributed by atoms with Crippen molar-refractivity contribution in [3.8, 4) is 23.0 Å². The molecule has 0 aliphatic carbocycles. The molecule has 1 fully saturated rings. The highest BCUT2D eigenvalue weighted by atomic mass is 16.7. The molecule has 0 bridgehead atoms. The van der Waals surface area contributed by atoms with Crippen LogP contribution in [-0.2, 0) is 9.59 Å². The van der Waals surface area contributed by atoms with Crippen molar-refractivity contribution in [3.05, 3.63) is 54.4 Å². The monoisotopic (exact) mass is 452 g/mol. The van der Waals surface area contributed by atoms with Gasteiger partial charge in [0.05, 0.1) is 20.3 Å². The zero-order chi connectivity index (χ0) is 22.9. The van der Waals surface area contributed by atoms with Crippen LogP contribution in [0, 0.1) is 0 Å². The molecule has 2 atom stereocenters. The summed E-state index contributed by atoms with van der Waals surface area (Å²) in [6.45, 7) is 0.0746. The highest BCUT2D eigenvalue weighted by Gasteiger charge is 2.40. The second-order valence-electron chi connectivity index (χ2n) is 7.84. The van der Waals surface area contributed by atoms with Crippen molar-refractivity contribution in [1.29, 1.82) is 0 Å². The molecule has 2 unspecified atom stereocenters. The minimum absolute atomic E-state index is 0.0779. The van der Waals surface area contributed by atoms with Crippen LogP contribution in [0.1, 0.15) is 18.0 Å². The second-order valence-corrected chi connectivity index (χ2v) is 7.84. The molecular formula is C23H24N4O6. The number of carbonyl (C=O) groups excluding carboxylic acids is 2. The van der Waals surface area contributed by atoms with Gasteiger partial charge in [-0.3, -0.25) is 9.59 Å². The summed E-state index contributed by atoms with van der Waals surface area (Å²) in [7, 11) is 3.18. The summed E-state index contributed by atoms with van der Waals surface area (Å²) in [4.78, 5) is 27.1. The number of fused-ring (bicyclic) bond motifs is 2. The molecule has 2 aromatic rings. The number of amides is 2. The average molecular weight is 452 g/mol. The first-order valence-electron chi connectivity index (χ1n) is 10.5. The third-order valence-electron chi connectivity index (χ3n) is 5.86. The molecule has 0 aromatic heterocycles. The summed E-state index contributed by atoms with van der Waals surface area (Å²) >= 11 is 0. The molecule has 3 heterocycles. The molecule has 0 saturated carbocycles. The van der Waals surface area contributed by atoms with E-state index in [1.54, 1.807) is 49.8 Å². The number of hydrogen-bond acceptors (Lipinski definition) is 8. The van der Waals surface area contributed by atoms with Gasteiger partial charge in [0.25, 0.3) is 5.91 Å². The molecule has 2 N–H and O–H groups in total. The first-order valence-corrected chi connectivity index (χ1v) is 10.5. The second kappa shape index (κ2) is 8.55. The van der Waals surface area contributed by atoms with E-state index in [0.717, 1.165) is 5.56 Å². The molecule has 1 saturated heterocycles. The number of hydrogen-bond donors (Lipinski definition) is 2. The minimum atomic E-state index is -0.411. The lowest BCUT2D eigenvalue weighted by Crippen LogP contribution is -2.49. The third kappa shape index (κ3) is 4.00. The van der Waals surface area contributed by atoms with Gasteiger partial charge in [-0.05, 0) is 36.2 Å². The molecular weight excluding hydrogens is 428 g/mol. The molecule has 5 rings (SSSR count). The molecule has 3 aliphatic rings. The Morgan fingerprint density at radius 3 is 2.73 bits per heavy atom. The topological polar surface area (TPSA) is 102 Å². The van der Waals surface area contributed by atoms with Crippen molar-refractivity contribution in [2.24, 2.45) is 0 Å². The third-order valence-corrected chi connectivity index (χ3v) is 5.86. The Morgan fingerprint density at radius 1 is 1.09 bits per heavy atom. The number of anilines is 1. The number of hydrazine groups is 1. The normalized spacial score (nSPS) is 20.6. The summed E-state index contributed by atoms with van der Waals surface area (Å²) in [5.74, 6) is 2.05. The lowest BCUT2D eigenvalue weighted by molar-refractivity contribution is -0.137. The van der Waals surface area contributed by atoms with E-state index in [1.165, 1.54) is 4.90 Å². The quantitative estimate of drug-likeness (QED) is 0.687. The Kier molecular flexibility index (Phi) is 5.43. The van der Waals surface area contributed by atoms with Gasteiger partial charge in [0.1, 0.15) is 12.6 Å². The van der Waals surface area contributed by atoms with Gasteiger partial charge < -0.3 is 34.2 Å². The van der Waals surface area contributed by atoms with Crippen LogP contribution in [0.25, 0.3) is 0 Å². The number of ether oxygens (including phenoxy) is 4. The Labute approximate surface area is 190 Å². The van der Waals surface area contributed by atoms with E-state index in [4.69, 9.17) is 18.9 Å². The fourth-order valence-electron chi connectivity index (χ4n) is 4.18. The number of nitrogens with one attached hydrogen (secondary N) is 2. The van der Waals surface area contributed by atoms with Crippen molar-refractivity contribution in [2.75, 3.05) is 32.9 Å². The molecule has 0 spiro atoms. The molecule has 10 heteroatoms. The molecule has 10 nitrogen and oxygen atoms in total. The van der Waals surface area contributed by atoms with Crippen molar-refractivity contribution in [2.45, 2.75) is 18.5 Å². The standard InChI is InChI=1S/C23H24N4O6/c1-30-18-5-3-14(9-20(18)31-2)16-11-17-23(29)26(7-8-27(17)25-16)12-22(28)24-15-4-6-19-21(10-15)33-13-32-19/h3-10,16-17,25H,11-13H2,1-2H3,(H,24,28). The smallest absolute Gasteiger partial charge is 0.251 e. The van der Waals surface area contributed by atoms with E-state index in [-0.39, 0.29) is 31.2 Å². The SMILES string of the molecule is COc1ccc(C2CC3C(=O)N(CC(=O)Nc4ccc5c(c4)OCO5)C=CN3N2)cc1OC. The highest BCUT2D eigenvalue weighted by molar-refractivity contribution is 5.96. The van der Waals surface area contributed by atoms with E-state index in [2.05, 4.69) is 10.7 Å². The van der Waals surface area contributed by atoms with Crippen LogP contribution in [0.3, 0.4) is 0 Å². The van der Waals surface area contributed by atoms with Crippen molar-refractivity contribution < 1.29 is 28.5 Å². The molecule has 33 heavy (non-hydrogen) atoms. The maximum absolute atomic E-state index is 13.1. The number of methoxy groups -OCH3 is 2. The fourth-order valence-corrected chi connectivity index (χ4v) is 4.18. The lowest BCUT2D eigenvalue weighted by Gasteiger charge is -2.31. The van der Waals surface area contributed by atoms with Crippen LogP contribution in [-0.4, -0.2) is 55.3 Å². The van der Waals surface area contributed by atoms with E-state index < -0.39 is 6.04 Å². The van der Waals surface area contributed by atoms with Crippen LogP contribution in [0.2, 0.25) is 0 Å². The Bertz CT molecular complexity index is 1120. The van der Waals surface area contributed by atoms with E-state index in [0.29, 0.717) is 35.1 Å². The van der Waals surface area contributed by atoms with Gasteiger partial charge in [0, 0.05) is 24.2 Å². The van der Waals surface area contributed by atoms with E-state index >= 15 is 0 Å². The van der Waals surface area contributed by atoms with Crippen LogP contribution in [0.4, 0.5) is 5.69 Å². The number of benzene rings is 2. The van der Waals surface area contributed by atoms with Crippen molar-refractivity contribution >= 4 is 17.5 Å². The summed E-state index contributed by atoms with van der Waals surface area (Å²) in [6, 6.07) is 10.4. The zero-order valence-corrected chi connectivity index (χ0v) is 18.2. The first-order chi connectivity index (χ1) is 16.1. The van der Waals surface area contributed by atoms with Crippen LogP contribution < -0.4 is 29.7 Å². The Balaban J connectivity index is 1.23. The zero-order valence-electron chi connectivity index (χ0n) is 18.2. The lowest BCUT2D eigenvalue weighted by atomic mass is 10.0. The number of carbonyl (C=O) groups is 2. The van der Waals surface area contributed by atoms with Crippen LogP contribution >= 0.6 is 0 Å². The van der Waals surface area contributed by atoms with Gasteiger partial charge >= 0.3 is 0 Å². The molecule has 0 radical (unpaired) electrons. The molecule has 172 valence electrons. The van der Waals surface area contributed by atoms with Gasteiger partial charge in [0.2, 0.25) is 12.7 Å². The van der Waals surface area contributed by atoms with Crippen LogP contribution in [0.15, 0.2) is 48.8 Å². The predicted molar refractivity (Wildman–Crippen MR) is 118 cm³/mol. The fraction of sp³-hybridized carbons (Fsp3) is 0.304. The first kappa shape index (κ1) is 21.0. The summed E-state index contributed by atoms with van der Waals surface area (Å²) in [5.41, 5.74) is 4.90. The number of rotatable bonds is 6. The van der Waals surface area contributed by atoms with Gasteiger partial charge in [-0.1, -0.05) is 6.07 Å². The van der Waals surface area contributed by atoms with Gasteiger partial charge in [-0.2, -0.15) is 0 Å². The maximum Gasteiger partial charge on any atom is 0.251 e. The summed E-state index contributed by atoms with van der Waals surface area (Å²) in [6.07, 6.45) is 3.95. The van der Waals surface area contributed by atoms with Crippen LogP contribution in [0.5, 0.6) is 23.0 Å². The highest BCUT2D eigenvalue weighted by Crippen LogP contribution is 2.36. The average Bonchev–Trinajstić information content (AvgIpc) is 3.47. The molecule has 2 amide bonds. The largest absolute Gasteiger partial charge is 0.493 e. The Hall–Kier alpha value is -3.92. The summed E-state index contributed by atoms with van der Waals surface area (Å²) in [5, 5.41) is 4.59. The van der Waals surface area contributed by atoms with Gasteiger partial charge in [-0.25, -0.2) is 5.43 Å².